The van der Waals surface area contributed by atoms with E-state index < -0.39 is 0 Å². The summed E-state index contributed by atoms with van der Waals surface area (Å²) >= 11 is 5.24. The summed E-state index contributed by atoms with van der Waals surface area (Å²) < 4.78 is 1.14. The molecule has 2 rings (SSSR count). The lowest BCUT2D eigenvalue weighted by molar-refractivity contribution is 0.148. The van der Waals surface area contributed by atoms with E-state index in [1.165, 1.54) is 16.0 Å². The first kappa shape index (κ1) is 16.7. The third-order valence-corrected chi connectivity index (χ3v) is 5.14. The Morgan fingerprint density at radius 2 is 1.86 bits per heavy atom. The van der Waals surface area contributed by atoms with Gasteiger partial charge in [-0.05, 0) is 54.9 Å². The van der Waals surface area contributed by atoms with Gasteiger partial charge in [-0.2, -0.15) is 0 Å². The van der Waals surface area contributed by atoms with Crippen molar-refractivity contribution in [2.24, 2.45) is 0 Å². The number of thiophene rings is 1. The topological polar surface area (TPSA) is 23.5 Å². The van der Waals surface area contributed by atoms with Crippen molar-refractivity contribution in [3.05, 3.63) is 55.7 Å². The van der Waals surface area contributed by atoms with Gasteiger partial charge in [0, 0.05) is 27.8 Å². The Kier molecular flexibility index (Phi) is 5.99. The number of benzene rings is 1. The van der Waals surface area contributed by atoms with Crippen LogP contribution >= 0.6 is 27.3 Å². The standard InChI is InChI=1S/C17H22BrNOS/c1-12-6-13(2)8-14(7-12)17(20)4-5-19(3)10-16-9-15(18)11-21-16/h6-9,11,17,20H,4-5,10H2,1-3H3. The molecule has 4 heteroatoms. The Labute approximate surface area is 139 Å². The minimum Gasteiger partial charge on any atom is -0.388 e. The lowest BCUT2D eigenvalue weighted by Crippen LogP contribution is -2.20. The Morgan fingerprint density at radius 3 is 2.43 bits per heavy atom. The number of nitrogens with zero attached hydrogens (tertiary/aromatic N) is 1. The van der Waals surface area contributed by atoms with Crippen LogP contribution in [0.4, 0.5) is 0 Å². The van der Waals surface area contributed by atoms with Gasteiger partial charge in [0.05, 0.1) is 6.10 Å². The molecule has 0 bridgehead atoms. The smallest absolute Gasteiger partial charge is 0.0802 e. The molecule has 0 aliphatic rings. The van der Waals surface area contributed by atoms with Crippen LogP contribution in [0.3, 0.4) is 0 Å². The molecule has 1 N–H and O–H groups in total. The van der Waals surface area contributed by atoms with Crippen molar-refractivity contribution in [3.8, 4) is 0 Å². The fourth-order valence-corrected chi connectivity index (χ4v) is 4.02. The van der Waals surface area contributed by atoms with E-state index in [1.807, 2.05) is 0 Å². The second-order valence-electron chi connectivity index (χ2n) is 5.69. The summed E-state index contributed by atoms with van der Waals surface area (Å²) in [6, 6.07) is 8.45. The lowest BCUT2D eigenvalue weighted by atomic mass is 10.0. The van der Waals surface area contributed by atoms with Gasteiger partial charge in [-0.1, -0.05) is 29.3 Å². The van der Waals surface area contributed by atoms with E-state index in [0.29, 0.717) is 0 Å². The quantitative estimate of drug-likeness (QED) is 0.800. The fraction of sp³-hybridized carbons (Fsp3) is 0.412. The molecule has 2 aromatic rings. The van der Waals surface area contributed by atoms with Crippen LogP contribution in [-0.2, 0) is 6.54 Å². The van der Waals surface area contributed by atoms with Crippen molar-refractivity contribution in [2.45, 2.75) is 32.9 Å². The molecule has 1 atom stereocenters. The first-order valence-corrected chi connectivity index (χ1v) is 8.79. The molecule has 21 heavy (non-hydrogen) atoms. The van der Waals surface area contributed by atoms with Gasteiger partial charge in [0.15, 0.2) is 0 Å². The number of aryl methyl sites for hydroxylation is 2. The zero-order chi connectivity index (χ0) is 15.4. The average Bonchev–Trinajstić information content (AvgIpc) is 2.80. The van der Waals surface area contributed by atoms with Crippen LogP contribution in [0.15, 0.2) is 34.1 Å². The summed E-state index contributed by atoms with van der Waals surface area (Å²) in [6.45, 7) is 5.95. The van der Waals surface area contributed by atoms with E-state index >= 15 is 0 Å². The zero-order valence-electron chi connectivity index (χ0n) is 12.8. The molecule has 0 saturated carbocycles. The second kappa shape index (κ2) is 7.54. The molecular weight excluding hydrogens is 346 g/mol. The van der Waals surface area contributed by atoms with Gasteiger partial charge in [-0.3, -0.25) is 0 Å². The maximum atomic E-state index is 10.4. The second-order valence-corrected chi connectivity index (χ2v) is 7.61. The predicted octanol–water partition coefficient (Wildman–Crippen LogP) is 4.68. The summed E-state index contributed by atoms with van der Waals surface area (Å²) in [4.78, 5) is 3.59. The molecule has 1 unspecified atom stereocenters. The van der Waals surface area contributed by atoms with E-state index in [4.69, 9.17) is 0 Å². The van der Waals surface area contributed by atoms with Crippen LogP contribution in [0.25, 0.3) is 0 Å². The van der Waals surface area contributed by atoms with Crippen LogP contribution < -0.4 is 0 Å². The van der Waals surface area contributed by atoms with Crippen molar-refractivity contribution < 1.29 is 5.11 Å². The minimum absolute atomic E-state index is 0.388. The molecule has 1 heterocycles. The molecule has 0 radical (unpaired) electrons. The van der Waals surface area contributed by atoms with Gasteiger partial charge in [-0.25, -0.2) is 0 Å². The number of aliphatic hydroxyl groups is 1. The monoisotopic (exact) mass is 367 g/mol. The highest BCUT2D eigenvalue weighted by atomic mass is 79.9. The molecule has 2 nitrogen and oxygen atoms in total. The average molecular weight is 368 g/mol. The first-order chi connectivity index (χ1) is 9.94. The SMILES string of the molecule is Cc1cc(C)cc(C(O)CCN(C)Cc2cc(Br)cs2)c1. The Morgan fingerprint density at radius 1 is 1.19 bits per heavy atom. The summed E-state index contributed by atoms with van der Waals surface area (Å²) in [5, 5.41) is 12.5. The normalized spacial score (nSPS) is 12.9. The first-order valence-electron chi connectivity index (χ1n) is 7.12. The van der Waals surface area contributed by atoms with Gasteiger partial charge >= 0.3 is 0 Å². The number of rotatable bonds is 6. The van der Waals surface area contributed by atoms with E-state index in [-0.39, 0.29) is 6.10 Å². The maximum Gasteiger partial charge on any atom is 0.0802 e. The van der Waals surface area contributed by atoms with E-state index in [9.17, 15) is 5.11 Å². The van der Waals surface area contributed by atoms with Crippen LogP contribution in [0.1, 0.15) is 34.1 Å². The van der Waals surface area contributed by atoms with Crippen molar-refractivity contribution in [1.29, 1.82) is 0 Å². The Balaban J connectivity index is 1.86. The van der Waals surface area contributed by atoms with E-state index in [0.717, 1.165) is 29.5 Å². The third kappa shape index (κ3) is 5.22. The number of aliphatic hydroxyl groups excluding tert-OH is 1. The fourth-order valence-electron chi connectivity index (χ4n) is 2.49. The lowest BCUT2D eigenvalue weighted by Gasteiger charge is -2.19. The molecule has 0 fully saturated rings. The highest BCUT2D eigenvalue weighted by Crippen LogP contribution is 2.22. The highest BCUT2D eigenvalue weighted by Gasteiger charge is 2.10. The Bertz CT molecular complexity index is 576. The number of halogens is 1. The zero-order valence-corrected chi connectivity index (χ0v) is 15.2. The summed E-state index contributed by atoms with van der Waals surface area (Å²) in [7, 11) is 2.10. The molecule has 114 valence electrons. The summed E-state index contributed by atoms with van der Waals surface area (Å²) in [6.07, 6.45) is 0.368. The van der Waals surface area contributed by atoms with Crippen LogP contribution in [0, 0.1) is 13.8 Å². The number of hydrogen-bond donors (Lipinski definition) is 1. The van der Waals surface area contributed by atoms with Gasteiger partial charge in [0.2, 0.25) is 0 Å². The molecule has 0 aliphatic heterocycles. The van der Waals surface area contributed by atoms with Gasteiger partial charge < -0.3 is 10.0 Å². The van der Waals surface area contributed by atoms with E-state index in [2.05, 4.69) is 71.4 Å². The summed E-state index contributed by atoms with van der Waals surface area (Å²) in [5.74, 6) is 0. The molecule has 1 aromatic heterocycles. The molecular formula is C17H22BrNOS. The Hall–Kier alpha value is -0.680. The van der Waals surface area contributed by atoms with E-state index in [1.54, 1.807) is 11.3 Å². The van der Waals surface area contributed by atoms with Gasteiger partial charge in [-0.15, -0.1) is 11.3 Å². The van der Waals surface area contributed by atoms with Gasteiger partial charge in [0.25, 0.3) is 0 Å². The minimum atomic E-state index is -0.388. The predicted molar refractivity (Wildman–Crippen MR) is 93.8 cm³/mol. The van der Waals surface area contributed by atoms with Crippen LogP contribution in [0.2, 0.25) is 0 Å². The van der Waals surface area contributed by atoms with Crippen molar-refractivity contribution in [3.63, 3.8) is 0 Å². The van der Waals surface area contributed by atoms with Crippen molar-refractivity contribution in [1.82, 2.24) is 4.90 Å². The molecule has 0 spiro atoms. The molecule has 0 amide bonds. The van der Waals surface area contributed by atoms with Crippen molar-refractivity contribution in [2.75, 3.05) is 13.6 Å². The molecule has 0 aliphatic carbocycles. The third-order valence-electron chi connectivity index (χ3n) is 3.46. The van der Waals surface area contributed by atoms with Crippen LogP contribution in [0.5, 0.6) is 0 Å². The van der Waals surface area contributed by atoms with Crippen molar-refractivity contribution >= 4 is 27.3 Å². The van der Waals surface area contributed by atoms with Gasteiger partial charge in [0.1, 0.15) is 0 Å². The molecule has 0 saturated heterocycles. The highest BCUT2D eigenvalue weighted by molar-refractivity contribution is 9.10. The largest absolute Gasteiger partial charge is 0.388 e. The number of hydrogen-bond acceptors (Lipinski definition) is 3. The molecule has 1 aromatic carbocycles. The van der Waals surface area contributed by atoms with Crippen LogP contribution in [-0.4, -0.2) is 23.6 Å². The maximum absolute atomic E-state index is 10.4. The summed E-state index contributed by atoms with van der Waals surface area (Å²) in [5.41, 5.74) is 3.45.